The molecule has 77 valence electrons. The van der Waals surface area contributed by atoms with Crippen molar-refractivity contribution < 1.29 is 9.84 Å². The van der Waals surface area contributed by atoms with Gasteiger partial charge in [-0.05, 0) is 18.6 Å². The lowest BCUT2D eigenvalue weighted by Gasteiger charge is -2.09. The third kappa shape index (κ3) is 3.66. The van der Waals surface area contributed by atoms with Crippen molar-refractivity contribution in [2.45, 2.75) is 19.4 Å². The normalized spacial score (nSPS) is 12.8. The van der Waals surface area contributed by atoms with Crippen LogP contribution in [0.1, 0.15) is 12.5 Å². The highest BCUT2D eigenvalue weighted by Crippen LogP contribution is 2.16. The fourth-order valence-corrected chi connectivity index (χ4v) is 1.43. The number of hydrogen-bond acceptors (Lipinski definition) is 1. The first-order chi connectivity index (χ1) is 6.74. The maximum atomic E-state index is 11.4. The predicted molar refractivity (Wildman–Crippen MR) is 56.1 cm³/mol. The molecule has 0 saturated heterocycles. The van der Waals surface area contributed by atoms with Gasteiger partial charge in [-0.25, -0.2) is 5.11 Å². The van der Waals surface area contributed by atoms with E-state index in [1.54, 1.807) is 6.07 Å². The highest BCUT2D eigenvalue weighted by molar-refractivity contribution is 6.31. The van der Waals surface area contributed by atoms with E-state index in [1.807, 2.05) is 25.1 Å². The maximum Gasteiger partial charge on any atom is 0.120 e. The van der Waals surface area contributed by atoms with Crippen LogP contribution in [0.3, 0.4) is 0 Å². The van der Waals surface area contributed by atoms with Crippen molar-refractivity contribution in [1.29, 1.82) is 0 Å². The van der Waals surface area contributed by atoms with E-state index in [0.29, 0.717) is 18.1 Å². The highest BCUT2D eigenvalue weighted by Gasteiger charge is 2.09. The van der Waals surface area contributed by atoms with E-state index in [4.69, 9.17) is 16.3 Å². The third-order valence-corrected chi connectivity index (χ3v) is 2.28. The molecule has 1 unspecified atom stereocenters. The van der Waals surface area contributed by atoms with Crippen LogP contribution in [-0.4, -0.2) is 19.3 Å². The summed E-state index contributed by atoms with van der Waals surface area (Å²) in [5.74, 6) is 0. The summed E-state index contributed by atoms with van der Waals surface area (Å²) in [5, 5.41) is 12.1. The van der Waals surface area contributed by atoms with Crippen molar-refractivity contribution in [3.8, 4) is 0 Å². The predicted octanol–water partition coefficient (Wildman–Crippen LogP) is 2.72. The minimum atomic E-state index is -0.727. The zero-order valence-electron chi connectivity index (χ0n) is 8.20. The molecule has 0 saturated carbocycles. The molecule has 0 aromatic heterocycles. The Bertz CT molecular complexity index is 276. The average Bonchev–Trinajstić information content (AvgIpc) is 2.18. The molecule has 1 rings (SSSR count). The van der Waals surface area contributed by atoms with Crippen molar-refractivity contribution in [3.63, 3.8) is 0 Å². The molecule has 1 aromatic rings. The SMILES string of the molecule is CCOCC([O])Cc1ccccc1Cl. The number of halogens is 1. The zero-order chi connectivity index (χ0) is 10.4. The van der Waals surface area contributed by atoms with Gasteiger partial charge >= 0.3 is 0 Å². The molecule has 0 bridgehead atoms. The summed E-state index contributed by atoms with van der Waals surface area (Å²) in [6.45, 7) is 2.71. The summed E-state index contributed by atoms with van der Waals surface area (Å²) in [6, 6.07) is 7.41. The molecule has 2 nitrogen and oxygen atoms in total. The van der Waals surface area contributed by atoms with Crippen LogP contribution in [0.4, 0.5) is 0 Å². The molecule has 0 amide bonds. The molecule has 0 aliphatic rings. The van der Waals surface area contributed by atoms with Gasteiger partial charge in [0.05, 0.1) is 6.61 Å². The molecule has 1 radical (unpaired) electrons. The standard InChI is InChI=1S/C11H14ClO2/c1-2-14-8-10(13)7-9-5-3-4-6-11(9)12/h3-6,10H,2,7-8H2,1H3. The van der Waals surface area contributed by atoms with E-state index in [2.05, 4.69) is 0 Å². The van der Waals surface area contributed by atoms with E-state index < -0.39 is 6.10 Å². The van der Waals surface area contributed by atoms with Crippen LogP contribution >= 0.6 is 11.6 Å². The van der Waals surface area contributed by atoms with Crippen LogP contribution in [-0.2, 0) is 16.3 Å². The second-order valence-electron chi connectivity index (χ2n) is 3.08. The van der Waals surface area contributed by atoms with Gasteiger partial charge in [0.1, 0.15) is 6.10 Å². The van der Waals surface area contributed by atoms with E-state index in [1.165, 1.54) is 0 Å². The lowest BCUT2D eigenvalue weighted by Crippen LogP contribution is -2.16. The van der Waals surface area contributed by atoms with Crippen LogP contribution in [0.2, 0.25) is 5.02 Å². The van der Waals surface area contributed by atoms with Crippen LogP contribution in [0.5, 0.6) is 0 Å². The zero-order valence-corrected chi connectivity index (χ0v) is 8.96. The maximum absolute atomic E-state index is 11.4. The van der Waals surface area contributed by atoms with Gasteiger partial charge in [-0.3, -0.25) is 0 Å². The lowest BCUT2D eigenvalue weighted by atomic mass is 10.1. The second kappa shape index (κ2) is 6.02. The van der Waals surface area contributed by atoms with E-state index in [9.17, 15) is 5.11 Å². The molecule has 3 heteroatoms. The molecule has 0 heterocycles. The van der Waals surface area contributed by atoms with Crippen LogP contribution in [0, 0.1) is 0 Å². The van der Waals surface area contributed by atoms with Crippen LogP contribution in [0.25, 0.3) is 0 Å². The monoisotopic (exact) mass is 213 g/mol. The Hall–Kier alpha value is -0.570. The molecule has 1 atom stereocenters. The Morgan fingerprint density at radius 3 is 2.79 bits per heavy atom. The van der Waals surface area contributed by atoms with Gasteiger partial charge in [0.25, 0.3) is 0 Å². The van der Waals surface area contributed by atoms with Gasteiger partial charge in [0.2, 0.25) is 0 Å². The molecule has 0 aliphatic carbocycles. The van der Waals surface area contributed by atoms with Crippen molar-refractivity contribution in [3.05, 3.63) is 34.9 Å². The summed E-state index contributed by atoms with van der Waals surface area (Å²) < 4.78 is 5.05. The minimum absolute atomic E-state index is 0.252. The van der Waals surface area contributed by atoms with E-state index >= 15 is 0 Å². The van der Waals surface area contributed by atoms with Crippen LogP contribution in [0.15, 0.2) is 24.3 Å². The molecular formula is C11H14ClO2. The second-order valence-corrected chi connectivity index (χ2v) is 3.48. The fourth-order valence-electron chi connectivity index (χ4n) is 1.22. The molecule has 14 heavy (non-hydrogen) atoms. The first kappa shape index (κ1) is 11.5. The van der Waals surface area contributed by atoms with Crippen molar-refractivity contribution >= 4 is 11.6 Å². The molecule has 1 aromatic carbocycles. The summed E-state index contributed by atoms with van der Waals surface area (Å²) in [4.78, 5) is 0. The molecule has 0 aliphatic heterocycles. The molecule has 0 N–H and O–H groups in total. The number of ether oxygens (including phenoxy) is 1. The summed E-state index contributed by atoms with van der Waals surface area (Å²) in [5.41, 5.74) is 0.897. The lowest BCUT2D eigenvalue weighted by molar-refractivity contribution is 0.00142. The summed E-state index contributed by atoms with van der Waals surface area (Å²) in [7, 11) is 0. The highest BCUT2D eigenvalue weighted by atomic mass is 35.5. The van der Waals surface area contributed by atoms with Gasteiger partial charge in [-0.2, -0.15) is 0 Å². The first-order valence-electron chi connectivity index (χ1n) is 4.71. The van der Waals surface area contributed by atoms with Crippen molar-refractivity contribution in [2.24, 2.45) is 0 Å². The Labute approximate surface area is 89.5 Å². The van der Waals surface area contributed by atoms with Gasteiger partial charge in [0, 0.05) is 18.1 Å². The van der Waals surface area contributed by atoms with E-state index in [-0.39, 0.29) is 6.61 Å². The van der Waals surface area contributed by atoms with E-state index in [0.717, 1.165) is 5.56 Å². The smallest absolute Gasteiger partial charge is 0.120 e. The van der Waals surface area contributed by atoms with Crippen molar-refractivity contribution in [2.75, 3.05) is 13.2 Å². The Kier molecular flexibility index (Phi) is 4.94. The first-order valence-corrected chi connectivity index (χ1v) is 5.08. The number of benzene rings is 1. The molecule has 0 spiro atoms. The number of hydrogen-bond donors (Lipinski definition) is 0. The molecule has 0 fully saturated rings. The topological polar surface area (TPSA) is 29.1 Å². The van der Waals surface area contributed by atoms with Gasteiger partial charge in [-0.15, -0.1) is 0 Å². The Balaban J connectivity index is 2.47. The Morgan fingerprint density at radius 1 is 1.43 bits per heavy atom. The third-order valence-electron chi connectivity index (χ3n) is 1.91. The van der Waals surface area contributed by atoms with Crippen molar-refractivity contribution in [1.82, 2.24) is 0 Å². The fraction of sp³-hybridized carbons (Fsp3) is 0.455. The van der Waals surface area contributed by atoms with Gasteiger partial charge < -0.3 is 4.74 Å². The van der Waals surface area contributed by atoms with Gasteiger partial charge in [0.15, 0.2) is 0 Å². The average molecular weight is 214 g/mol. The van der Waals surface area contributed by atoms with Gasteiger partial charge in [-0.1, -0.05) is 29.8 Å². The minimum Gasteiger partial charge on any atom is -0.379 e. The Morgan fingerprint density at radius 2 is 2.14 bits per heavy atom. The molecular weight excluding hydrogens is 200 g/mol. The largest absolute Gasteiger partial charge is 0.379 e. The summed E-state index contributed by atoms with van der Waals surface area (Å²) >= 11 is 5.92. The summed E-state index contributed by atoms with van der Waals surface area (Å²) in [6.07, 6.45) is -0.297. The van der Waals surface area contributed by atoms with Crippen LogP contribution < -0.4 is 0 Å². The number of rotatable bonds is 5. The quantitative estimate of drug-likeness (QED) is 0.740.